The molecule has 3 aliphatic rings. The van der Waals surface area contributed by atoms with Crippen LogP contribution in [0.4, 0.5) is 0 Å². The quantitative estimate of drug-likeness (QED) is 0.592. The molecule has 8 nitrogen and oxygen atoms in total. The lowest BCUT2D eigenvalue weighted by Gasteiger charge is -2.41. The summed E-state index contributed by atoms with van der Waals surface area (Å²) in [4.78, 5) is 12.6. The SMILES string of the molecule is C=C1/C(=C\C=C\Cc2ccc(O[C@@H]3CCOC3)cc2)CO[C@]12OC(CO)[C@@H](O)[C@H](O)C2=O. The molecule has 3 fully saturated rings. The predicted octanol–water partition coefficient (Wildman–Crippen LogP) is 0.844. The molecule has 3 aliphatic heterocycles. The van der Waals surface area contributed by atoms with Crippen LogP contribution in [0.15, 0.2) is 60.2 Å². The van der Waals surface area contributed by atoms with E-state index >= 15 is 0 Å². The predicted molar refractivity (Wildman–Crippen MR) is 114 cm³/mol. The average Bonchev–Trinajstić information content (AvgIpc) is 3.42. The smallest absolute Gasteiger partial charge is 0.259 e. The summed E-state index contributed by atoms with van der Waals surface area (Å²) >= 11 is 0. The highest BCUT2D eigenvalue weighted by molar-refractivity contribution is 5.95. The zero-order valence-corrected chi connectivity index (χ0v) is 17.7. The molecule has 3 saturated heterocycles. The number of rotatable bonds is 6. The van der Waals surface area contributed by atoms with Gasteiger partial charge in [-0.05, 0) is 29.7 Å². The number of aliphatic hydroxyl groups is 3. The average molecular weight is 444 g/mol. The molecule has 5 atom stereocenters. The molecule has 1 unspecified atom stereocenters. The highest BCUT2D eigenvalue weighted by Gasteiger charge is 2.59. The molecule has 172 valence electrons. The number of Topliss-reactive ketones (excluding diaryl/α,β-unsaturated/α-hetero) is 1. The second-order valence-electron chi connectivity index (χ2n) is 8.09. The molecule has 4 rings (SSSR count). The topological polar surface area (TPSA) is 115 Å². The van der Waals surface area contributed by atoms with Crippen molar-refractivity contribution in [3.8, 4) is 5.75 Å². The van der Waals surface area contributed by atoms with Crippen molar-refractivity contribution in [2.75, 3.05) is 26.4 Å². The molecule has 1 aromatic rings. The lowest BCUT2D eigenvalue weighted by Crippen LogP contribution is -2.63. The van der Waals surface area contributed by atoms with Gasteiger partial charge < -0.3 is 34.3 Å². The molecular formula is C24H28O8. The fourth-order valence-electron chi connectivity index (χ4n) is 3.97. The molecule has 32 heavy (non-hydrogen) atoms. The number of ketones is 1. The maximum atomic E-state index is 12.6. The van der Waals surface area contributed by atoms with Crippen molar-refractivity contribution in [3.63, 3.8) is 0 Å². The summed E-state index contributed by atoms with van der Waals surface area (Å²) in [5.74, 6) is -1.88. The Morgan fingerprint density at radius 3 is 2.72 bits per heavy atom. The van der Waals surface area contributed by atoms with Crippen molar-refractivity contribution in [1.29, 1.82) is 0 Å². The molecule has 0 radical (unpaired) electrons. The van der Waals surface area contributed by atoms with Crippen LogP contribution in [0.5, 0.6) is 5.75 Å². The second-order valence-corrected chi connectivity index (χ2v) is 8.09. The van der Waals surface area contributed by atoms with E-state index in [-0.39, 0.29) is 18.3 Å². The standard InChI is InChI=1S/C24H28O8/c1-15-17(13-30-24(15)23(28)22(27)21(26)20(12-25)32-24)5-3-2-4-16-6-8-18(9-7-16)31-19-10-11-29-14-19/h2-3,5-9,19-22,25-27H,1,4,10-14H2/b3-2+,17-5-/t19-,20?,21-,22+,24+/m1/s1. The van der Waals surface area contributed by atoms with Crippen LogP contribution in [0, 0.1) is 0 Å². The molecule has 8 heteroatoms. The Kier molecular flexibility index (Phi) is 6.90. The number of carbonyl (C=O) groups excluding carboxylic acids is 1. The van der Waals surface area contributed by atoms with Crippen LogP contribution in [0.2, 0.25) is 0 Å². The van der Waals surface area contributed by atoms with E-state index in [1.54, 1.807) is 6.08 Å². The Morgan fingerprint density at radius 1 is 1.25 bits per heavy atom. The number of ether oxygens (including phenoxy) is 4. The van der Waals surface area contributed by atoms with Crippen LogP contribution >= 0.6 is 0 Å². The Balaban J connectivity index is 1.35. The van der Waals surface area contributed by atoms with E-state index in [1.165, 1.54) is 0 Å². The van der Waals surface area contributed by atoms with Gasteiger partial charge in [-0.25, -0.2) is 0 Å². The van der Waals surface area contributed by atoms with Gasteiger partial charge in [0.2, 0.25) is 5.78 Å². The van der Waals surface area contributed by atoms with Gasteiger partial charge >= 0.3 is 0 Å². The Hall–Kier alpha value is -2.33. The number of hydrogen-bond donors (Lipinski definition) is 3. The molecule has 0 amide bonds. The number of hydrogen-bond acceptors (Lipinski definition) is 8. The summed E-state index contributed by atoms with van der Waals surface area (Å²) in [5.41, 5.74) is 2.01. The van der Waals surface area contributed by atoms with Gasteiger partial charge in [-0.15, -0.1) is 0 Å². The first-order chi connectivity index (χ1) is 15.4. The summed E-state index contributed by atoms with van der Waals surface area (Å²) < 4.78 is 22.3. The Labute approximate surface area is 186 Å². The monoisotopic (exact) mass is 444 g/mol. The first-order valence-corrected chi connectivity index (χ1v) is 10.7. The van der Waals surface area contributed by atoms with Crippen molar-refractivity contribution in [2.45, 2.75) is 43.0 Å². The molecule has 3 N–H and O–H groups in total. The third-order valence-electron chi connectivity index (χ3n) is 5.91. The summed E-state index contributed by atoms with van der Waals surface area (Å²) in [6, 6.07) is 7.90. The molecule has 0 bridgehead atoms. The first kappa shape index (κ1) is 22.8. The Morgan fingerprint density at radius 2 is 2.03 bits per heavy atom. The van der Waals surface area contributed by atoms with Crippen LogP contribution in [0.3, 0.4) is 0 Å². The summed E-state index contributed by atoms with van der Waals surface area (Å²) in [6.07, 6.45) is 2.91. The van der Waals surface area contributed by atoms with Crippen LogP contribution < -0.4 is 4.74 Å². The van der Waals surface area contributed by atoms with Crippen molar-refractivity contribution in [3.05, 3.63) is 65.8 Å². The number of benzene rings is 1. The number of carbonyl (C=O) groups is 1. The minimum absolute atomic E-state index is 0.0623. The van der Waals surface area contributed by atoms with Crippen LogP contribution in [-0.2, 0) is 25.4 Å². The number of aliphatic hydroxyl groups excluding tert-OH is 3. The van der Waals surface area contributed by atoms with E-state index in [0.29, 0.717) is 18.6 Å². The van der Waals surface area contributed by atoms with E-state index < -0.39 is 36.5 Å². The van der Waals surface area contributed by atoms with E-state index in [0.717, 1.165) is 24.3 Å². The van der Waals surface area contributed by atoms with Crippen LogP contribution in [0.1, 0.15) is 12.0 Å². The Bertz CT molecular complexity index is 899. The minimum atomic E-state index is -1.88. The van der Waals surface area contributed by atoms with Crippen LogP contribution in [-0.4, -0.2) is 77.7 Å². The van der Waals surface area contributed by atoms with E-state index in [1.807, 2.05) is 36.4 Å². The maximum Gasteiger partial charge on any atom is 0.259 e. The molecule has 0 aliphatic carbocycles. The third kappa shape index (κ3) is 4.43. The van der Waals surface area contributed by atoms with Gasteiger partial charge in [0.05, 0.1) is 26.4 Å². The minimum Gasteiger partial charge on any atom is -0.488 e. The van der Waals surface area contributed by atoms with Gasteiger partial charge in [0.1, 0.15) is 30.2 Å². The summed E-state index contributed by atoms with van der Waals surface area (Å²) in [5, 5.41) is 29.3. The van der Waals surface area contributed by atoms with Crippen molar-refractivity contribution in [1.82, 2.24) is 0 Å². The fourth-order valence-corrected chi connectivity index (χ4v) is 3.97. The van der Waals surface area contributed by atoms with Gasteiger partial charge in [-0.1, -0.05) is 36.9 Å². The summed E-state index contributed by atoms with van der Waals surface area (Å²) in [6.45, 7) is 4.78. The van der Waals surface area contributed by atoms with Crippen LogP contribution in [0.25, 0.3) is 0 Å². The normalized spacial score (nSPS) is 34.3. The molecule has 3 heterocycles. The van der Waals surface area contributed by atoms with E-state index in [4.69, 9.17) is 18.9 Å². The van der Waals surface area contributed by atoms with Gasteiger partial charge in [0, 0.05) is 12.0 Å². The maximum absolute atomic E-state index is 12.6. The fraction of sp³-hybridized carbons (Fsp3) is 0.458. The first-order valence-electron chi connectivity index (χ1n) is 10.7. The molecule has 0 aromatic heterocycles. The summed E-state index contributed by atoms with van der Waals surface area (Å²) in [7, 11) is 0. The van der Waals surface area contributed by atoms with Gasteiger partial charge in [-0.3, -0.25) is 4.79 Å². The van der Waals surface area contributed by atoms with Crippen molar-refractivity contribution >= 4 is 5.78 Å². The lowest BCUT2D eigenvalue weighted by atomic mass is 9.89. The third-order valence-corrected chi connectivity index (χ3v) is 5.91. The zero-order valence-electron chi connectivity index (χ0n) is 17.7. The molecular weight excluding hydrogens is 416 g/mol. The largest absolute Gasteiger partial charge is 0.488 e. The lowest BCUT2D eigenvalue weighted by molar-refractivity contribution is -0.265. The van der Waals surface area contributed by atoms with Gasteiger partial charge in [-0.2, -0.15) is 0 Å². The number of allylic oxidation sites excluding steroid dienone is 3. The zero-order chi connectivity index (χ0) is 22.7. The van der Waals surface area contributed by atoms with Crippen molar-refractivity contribution in [2.24, 2.45) is 0 Å². The van der Waals surface area contributed by atoms with E-state index in [9.17, 15) is 20.1 Å². The van der Waals surface area contributed by atoms with Gasteiger partial charge in [0.25, 0.3) is 5.79 Å². The highest BCUT2D eigenvalue weighted by atomic mass is 16.7. The molecule has 1 aromatic carbocycles. The van der Waals surface area contributed by atoms with Gasteiger partial charge in [0.15, 0.2) is 0 Å². The second kappa shape index (κ2) is 9.66. The van der Waals surface area contributed by atoms with Crippen molar-refractivity contribution < 1.29 is 39.1 Å². The van der Waals surface area contributed by atoms with E-state index in [2.05, 4.69) is 6.58 Å². The molecule has 0 saturated carbocycles. The molecule has 1 spiro atoms. The highest BCUT2D eigenvalue weighted by Crippen LogP contribution is 2.41.